The number of nitrogens with zero attached hydrogens (tertiary/aromatic N) is 1. The first-order valence-electron chi connectivity index (χ1n) is 7.27. The summed E-state index contributed by atoms with van der Waals surface area (Å²) in [6.45, 7) is 0.124. The number of fused-ring (bicyclic) bond motifs is 1. The highest BCUT2D eigenvalue weighted by atomic mass is 32.2. The Morgan fingerprint density at radius 1 is 1.17 bits per heavy atom. The fraction of sp³-hybridized carbons (Fsp3) is 0.357. The lowest BCUT2D eigenvalue weighted by atomic mass is 10.2. The summed E-state index contributed by atoms with van der Waals surface area (Å²) in [4.78, 5) is 34.2. The monoisotopic (exact) mass is 353 g/mol. The molecular weight excluding hydrogens is 338 g/mol. The SMILES string of the molecule is O=C1CC(=O)Nc2cc(S(=O)(=O)N3CCCC3C(=O)O)ccc2N1. The summed E-state index contributed by atoms with van der Waals surface area (Å²) >= 11 is 0. The Bertz CT molecular complexity index is 835. The van der Waals surface area contributed by atoms with E-state index in [9.17, 15) is 27.9 Å². The van der Waals surface area contributed by atoms with Gasteiger partial charge >= 0.3 is 5.97 Å². The van der Waals surface area contributed by atoms with Crippen LogP contribution in [0.4, 0.5) is 11.4 Å². The molecule has 0 bridgehead atoms. The van der Waals surface area contributed by atoms with Crippen LogP contribution in [0.15, 0.2) is 23.1 Å². The number of benzene rings is 1. The highest BCUT2D eigenvalue weighted by Crippen LogP contribution is 2.31. The van der Waals surface area contributed by atoms with Gasteiger partial charge in [-0.25, -0.2) is 8.42 Å². The van der Waals surface area contributed by atoms with Crippen molar-refractivity contribution in [1.82, 2.24) is 4.31 Å². The van der Waals surface area contributed by atoms with Crippen molar-refractivity contribution in [3.8, 4) is 0 Å². The second-order valence-electron chi connectivity index (χ2n) is 5.59. The molecule has 10 heteroatoms. The third-order valence-corrected chi connectivity index (χ3v) is 5.86. The van der Waals surface area contributed by atoms with E-state index in [0.717, 1.165) is 4.31 Å². The molecule has 3 rings (SSSR count). The van der Waals surface area contributed by atoms with E-state index in [1.54, 1.807) is 0 Å². The molecule has 1 saturated heterocycles. The third-order valence-electron chi connectivity index (χ3n) is 3.96. The van der Waals surface area contributed by atoms with Crippen LogP contribution in [0, 0.1) is 0 Å². The maximum absolute atomic E-state index is 12.7. The quantitative estimate of drug-likeness (QED) is 0.665. The lowest BCUT2D eigenvalue weighted by Gasteiger charge is -2.21. The molecule has 1 fully saturated rings. The lowest BCUT2D eigenvalue weighted by Crippen LogP contribution is -2.40. The number of amides is 2. The van der Waals surface area contributed by atoms with Gasteiger partial charge in [0, 0.05) is 6.54 Å². The average Bonchev–Trinajstić information content (AvgIpc) is 2.94. The number of hydrogen-bond acceptors (Lipinski definition) is 5. The summed E-state index contributed by atoms with van der Waals surface area (Å²) in [7, 11) is -4.02. The lowest BCUT2D eigenvalue weighted by molar-refractivity contribution is -0.140. The van der Waals surface area contributed by atoms with E-state index in [-0.39, 0.29) is 30.0 Å². The van der Waals surface area contributed by atoms with Gasteiger partial charge in [-0.3, -0.25) is 14.4 Å². The van der Waals surface area contributed by atoms with E-state index in [0.29, 0.717) is 12.1 Å². The van der Waals surface area contributed by atoms with E-state index in [1.165, 1.54) is 18.2 Å². The molecule has 2 aliphatic heterocycles. The summed E-state index contributed by atoms with van der Waals surface area (Å²) < 4.78 is 26.4. The van der Waals surface area contributed by atoms with Gasteiger partial charge in [0.05, 0.1) is 16.3 Å². The molecule has 2 amide bonds. The highest BCUT2D eigenvalue weighted by molar-refractivity contribution is 7.89. The zero-order chi connectivity index (χ0) is 17.5. The van der Waals surface area contributed by atoms with Crippen LogP contribution in [0.5, 0.6) is 0 Å². The second-order valence-corrected chi connectivity index (χ2v) is 7.48. The van der Waals surface area contributed by atoms with Crippen LogP contribution in [0.1, 0.15) is 19.3 Å². The molecule has 0 saturated carbocycles. The van der Waals surface area contributed by atoms with Gasteiger partial charge in [0.1, 0.15) is 12.5 Å². The average molecular weight is 353 g/mol. The zero-order valence-corrected chi connectivity index (χ0v) is 13.3. The molecule has 2 aliphatic rings. The third kappa shape index (κ3) is 2.85. The summed E-state index contributed by atoms with van der Waals surface area (Å²) in [6, 6.07) is 2.79. The predicted octanol–water partition coefficient (Wildman–Crippen LogP) is 0.205. The number of hydrogen-bond donors (Lipinski definition) is 3. The molecule has 9 nitrogen and oxygen atoms in total. The van der Waals surface area contributed by atoms with Crippen molar-refractivity contribution in [2.75, 3.05) is 17.2 Å². The molecule has 0 aliphatic carbocycles. The van der Waals surface area contributed by atoms with Gasteiger partial charge in [-0.05, 0) is 31.0 Å². The summed E-state index contributed by atoms with van der Waals surface area (Å²) in [5, 5.41) is 14.1. The van der Waals surface area contributed by atoms with Crippen molar-refractivity contribution < 1.29 is 27.9 Å². The number of rotatable bonds is 3. The number of aliphatic carboxylic acids is 1. The van der Waals surface area contributed by atoms with Crippen molar-refractivity contribution in [2.24, 2.45) is 0 Å². The van der Waals surface area contributed by atoms with Gasteiger partial charge in [-0.15, -0.1) is 0 Å². The number of sulfonamides is 1. The number of nitrogens with one attached hydrogen (secondary N) is 2. The molecule has 1 aromatic carbocycles. The number of carbonyl (C=O) groups is 3. The van der Waals surface area contributed by atoms with Crippen LogP contribution in [-0.2, 0) is 24.4 Å². The molecule has 1 unspecified atom stereocenters. The van der Waals surface area contributed by atoms with Gasteiger partial charge in [-0.1, -0.05) is 0 Å². The van der Waals surface area contributed by atoms with Gasteiger partial charge in [0.2, 0.25) is 21.8 Å². The number of carbonyl (C=O) groups excluding carboxylic acids is 2. The Morgan fingerprint density at radius 2 is 1.83 bits per heavy atom. The van der Waals surface area contributed by atoms with Gasteiger partial charge in [0.15, 0.2) is 0 Å². The first-order chi connectivity index (χ1) is 11.3. The van der Waals surface area contributed by atoms with E-state index < -0.39 is 33.8 Å². The Balaban J connectivity index is 1.99. The highest BCUT2D eigenvalue weighted by Gasteiger charge is 2.39. The number of anilines is 2. The van der Waals surface area contributed by atoms with Crippen molar-refractivity contribution in [1.29, 1.82) is 0 Å². The zero-order valence-electron chi connectivity index (χ0n) is 12.5. The van der Waals surface area contributed by atoms with Gasteiger partial charge < -0.3 is 15.7 Å². The van der Waals surface area contributed by atoms with E-state index in [2.05, 4.69) is 10.6 Å². The standard InChI is InChI=1S/C14H15N3O6S/c18-12-7-13(19)16-10-6-8(3-4-9(10)15-12)24(22,23)17-5-1-2-11(17)14(20)21/h3-4,6,11H,1-2,5,7H2,(H,15,18)(H,16,19)(H,20,21). The Hall–Kier alpha value is -2.46. The molecule has 0 aromatic heterocycles. The maximum Gasteiger partial charge on any atom is 0.322 e. The first-order valence-corrected chi connectivity index (χ1v) is 8.71. The summed E-state index contributed by atoms with van der Waals surface area (Å²) in [5.74, 6) is -2.23. The smallest absolute Gasteiger partial charge is 0.322 e. The topological polar surface area (TPSA) is 133 Å². The minimum Gasteiger partial charge on any atom is -0.480 e. The molecule has 24 heavy (non-hydrogen) atoms. The fourth-order valence-corrected chi connectivity index (χ4v) is 4.52. The van der Waals surface area contributed by atoms with E-state index >= 15 is 0 Å². The van der Waals surface area contributed by atoms with Gasteiger partial charge in [-0.2, -0.15) is 4.31 Å². The van der Waals surface area contributed by atoms with Crippen LogP contribution in [-0.4, -0.2) is 48.2 Å². The maximum atomic E-state index is 12.7. The summed E-state index contributed by atoms with van der Waals surface area (Å²) in [5.41, 5.74) is 0.457. The van der Waals surface area contributed by atoms with E-state index in [4.69, 9.17) is 0 Å². The van der Waals surface area contributed by atoms with Crippen molar-refractivity contribution >= 4 is 39.2 Å². The Labute approximate surface area is 137 Å². The molecule has 128 valence electrons. The first kappa shape index (κ1) is 16.4. The Kier molecular flexibility index (Phi) is 4.01. The summed E-state index contributed by atoms with van der Waals surface area (Å²) in [6.07, 6.45) is 0.365. The molecule has 3 N–H and O–H groups in total. The molecule has 0 radical (unpaired) electrons. The van der Waals surface area contributed by atoms with Crippen LogP contribution >= 0.6 is 0 Å². The Morgan fingerprint density at radius 3 is 2.50 bits per heavy atom. The number of carboxylic acid groups (broad SMARTS) is 1. The van der Waals surface area contributed by atoms with E-state index in [1.807, 2.05) is 0 Å². The van der Waals surface area contributed by atoms with Crippen molar-refractivity contribution in [3.63, 3.8) is 0 Å². The molecule has 0 spiro atoms. The van der Waals surface area contributed by atoms with Crippen LogP contribution in [0.25, 0.3) is 0 Å². The molecular formula is C14H15N3O6S. The molecule has 1 aromatic rings. The van der Waals surface area contributed by atoms with Crippen LogP contribution < -0.4 is 10.6 Å². The van der Waals surface area contributed by atoms with Crippen LogP contribution in [0.3, 0.4) is 0 Å². The molecule has 1 atom stereocenters. The minimum atomic E-state index is -4.02. The fourth-order valence-electron chi connectivity index (χ4n) is 2.84. The normalized spacial score (nSPS) is 21.6. The minimum absolute atomic E-state index is 0.124. The largest absolute Gasteiger partial charge is 0.480 e. The predicted molar refractivity (Wildman–Crippen MR) is 82.9 cm³/mol. The number of carboxylic acids is 1. The van der Waals surface area contributed by atoms with Crippen LogP contribution in [0.2, 0.25) is 0 Å². The second kappa shape index (κ2) is 5.87. The molecule has 2 heterocycles. The van der Waals surface area contributed by atoms with Crippen molar-refractivity contribution in [3.05, 3.63) is 18.2 Å². The van der Waals surface area contributed by atoms with Crippen molar-refractivity contribution in [2.45, 2.75) is 30.2 Å². The van der Waals surface area contributed by atoms with Gasteiger partial charge in [0.25, 0.3) is 0 Å².